The van der Waals surface area contributed by atoms with Gasteiger partial charge in [-0.3, -0.25) is 0 Å². The molecule has 2 spiro atoms. The lowest BCUT2D eigenvalue weighted by Gasteiger charge is -2.33. The third-order valence-electron chi connectivity index (χ3n) is 29.1. The Labute approximate surface area is 450 Å². The van der Waals surface area contributed by atoms with E-state index in [1.807, 2.05) is 32.6 Å². The normalized spacial score (nSPS) is 19.1. The highest BCUT2D eigenvalue weighted by atomic mass is 28.3. The number of benzene rings is 20. The Bertz CT molecular complexity index is 7370. The monoisotopic (exact) mass is 1010 g/mol. The third-order valence-corrected chi connectivity index (χ3v) is 35.7. The van der Waals surface area contributed by atoms with Gasteiger partial charge < -0.3 is 0 Å². The number of aryl methyl sites for hydroxylation is 4. The lowest BCUT2D eigenvalue weighted by molar-refractivity contribution is 0.731. The maximum Gasteiger partial charge on any atom is 0.150 e. The topological polar surface area (TPSA) is 0 Å². The average Bonchev–Trinajstić information content (AvgIpc) is 1.36. The molecule has 4 aliphatic carbocycles. The molecule has 0 unspecified atom stereocenters. The van der Waals surface area contributed by atoms with Crippen molar-refractivity contribution >= 4 is 309 Å². The van der Waals surface area contributed by atoms with Gasteiger partial charge >= 0.3 is 0 Å². The highest BCUT2D eigenvalue weighted by molar-refractivity contribution is 7.19. The molecule has 81 heavy (non-hydrogen) atoms. The van der Waals surface area contributed by atoms with E-state index in [2.05, 4.69) is 64.1 Å². The van der Waals surface area contributed by atoms with Crippen LogP contribution in [0.15, 0.2) is 36.4 Å². The zero-order valence-electron chi connectivity index (χ0n) is 43.8. The molecule has 30 aromatic carbocycles. The molecule has 5 aliphatic rings. The fourth-order valence-corrected chi connectivity index (χ4v) is 38.1. The largest absolute Gasteiger partial charge is 0.150 e. The minimum Gasteiger partial charge on any atom is -0.0617 e. The van der Waals surface area contributed by atoms with Crippen molar-refractivity contribution in [2.45, 2.75) is 63.5 Å². The Morgan fingerprint density at radius 3 is 0.444 bits per heavy atom. The molecule has 0 nitrogen and oxygen atoms in total. The van der Waals surface area contributed by atoms with E-state index in [-0.39, 0.29) is 10.1 Å². The maximum atomic E-state index is 2.66. The predicted octanol–water partition coefficient (Wildman–Crippen LogP) is 19.9. The van der Waals surface area contributed by atoms with Crippen molar-refractivity contribution < 1.29 is 0 Å². The summed E-state index contributed by atoms with van der Waals surface area (Å²) in [6.07, 6.45) is 4.27. The fraction of sp³-hybridized carbons (Fsp3) is 0.125. The van der Waals surface area contributed by atoms with Crippen molar-refractivity contribution in [2.75, 3.05) is 0 Å². The van der Waals surface area contributed by atoms with Gasteiger partial charge in [0.1, 0.15) is 0 Å². The van der Waals surface area contributed by atoms with Crippen LogP contribution < -0.4 is 10.4 Å². The Morgan fingerprint density at radius 1 is 0.198 bits per heavy atom. The summed E-state index contributed by atoms with van der Waals surface area (Å²) in [5.41, 5.74) is 14.1. The summed E-state index contributed by atoms with van der Waals surface area (Å²) in [5.74, 6) is 0. The molecule has 1 heterocycles. The van der Waals surface area contributed by atoms with Gasteiger partial charge in [0, 0.05) is 10.1 Å². The summed E-state index contributed by atoms with van der Waals surface area (Å²) >= 11 is 0. The second kappa shape index (κ2) is 7.84. The van der Waals surface area contributed by atoms with E-state index in [1.165, 1.54) is 0 Å². The van der Waals surface area contributed by atoms with Gasteiger partial charge in [-0.05, 0) is 371 Å². The molecule has 1 fully saturated rings. The van der Waals surface area contributed by atoms with Crippen molar-refractivity contribution in [1.82, 2.24) is 0 Å². The van der Waals surface area contributed by atoms with Crippen LogP contribution in [-0.4, -0.2) is 8.07 Å². The quantitative estimate of drug-likeness (QED) is 0.115. The molecular formula is C80H26Si. The first kappa shape index (κ1) is 33.0. The lowest BCUT2D eigenvalue weighted by atomic mass is 9.68. The van der Waals surface area contributed by atoms with Crippen LogP contribution in [0.1, 0.15) is 72.2 Å². The van der Waals surface area contributed by atoms with Gasteiger partial charge in [0.2, 0.25) is 0 Å². The van der Waals surface area contributed by atoms with Crippen molar-refractivity contribution in [1.29, 1.82) is 0 Å². The van der Waals surface area contributed by atoms with E-state index in [9.17, 15) is 0 Å². The minimum atomic E-state index is -3.28. The van der Waals surface area contributed by atoms with Crippen LogP contribution in [-0.2, 0) is 35.8 Å². The summed E-state index contributed by atoms with van der Waals surface area (Å²) in [7, 11) is -3.28. The van der Waals surface area contributed by atoms with Gasteiger partial charge in [-0.15, -0.1) is 0 Å². The van der Waals surface area contributed by atoms with Gasteiger partial charge in [-0.1, -0.05) is 64.1 Å². The third kappa shape index (κ3) is 1.85. The van der Waals surface area contributed by atoms with Crippen LogP contribution in [0.5, 0.6) is 0 Å². The molecular weight excluding hydrogens is 989 g/mol. The highest BCUT2D eigenvalue weighted by Gasteiger charge is 2.97. The van der Waals surface area contributed by atoms with E-state index in [1.54, 1.807) is 313 Å². The molecule has 1 heteroatoms. The first-order chi connectivity index (χ1) is 40.2. The maximum absolute atomic E-state index is 3.28. The summed E-state index contributed by atoms with van der Waals surface area (Å²) in [6.45, 7) is 10.2. The predicted molar refractivity (Wildman–Crippen MR) is 349 cm³/mol. The van der Waals surface area contributed by atoms with E-state index in [0.29, 0.717) is 0 Å². The zero-order chi connectivity index (χ0) is 49.5. The van der Waals surface area contributed by atoms with Crippen LogP contribution in [0, 0.1) is 0 Å². The molecule has 0 aromatic heterocycles. The first-order valence-electron chi connectivity index (χ1n) is 31.2. The molecule has 1 saturated heterocycles. The van der Waals surface area contributed by atoms with Crippen molar-refractivity contribution in [3.8, 4) is 0 Å². The Kier molecular flexibility index (Phi) is 3.20. The lowest BCUT2D eigenvalue weighted by Crippen LogP contribution is -2.59. The number of hydrogen-bond acceptors (Lipinski definition) is 0. The molecule has 350 valence electrons. The molecule has 30 aromatic rings. The zero-order valence-corrected chi connectivity index (χ0v) is 44.8. The van der Waals surface area contributed by atoms with Crippen LogP contribution in [0.3, 0.4) is 0 Å². The Hall–Kier alpha value is -8.88. The van der Waals surface area contributed by atoms with Crippen molar-refractivity contribution in [3.63, 3.8) is 0 Å². The molecule has 0 bridgehead atoms. The van der Waals surface area contributed by atoms with Gasteiger partial charge in [-0.25, -0.2) is 0 Å². The molecule has 0 N–H and O–H groups in total. The van der Waals surface area contributed by atoms with Gasteiger partial charge in [0.05, 0.1) is 0 Å². The van der Waals surface area contributed by atoms with Crippen LogP contribution >= 0.6 is 0 Å². The van der Waals surface area contributed by atoms with E-state index >= 15 is 0 Å². The van der Waals surface area contributed by atoms with Crippen LogP contribution in [0.25, 0.3) is 291 Å². The van der Waals surface area contributed by atoms with Crippen LogP contribution in [0.2, 0.25) is 0 Å². The number of hydrogen-bond donors (Lipinski definition) is 0. The van der Waals surface area contributed by atoms with Gasteiger partial charge in [-0.2, -0.15) is 0 Å². The second-order valence-corrected chi connectivity index (χ2v) is 33.3. The molecule has 0 amide bonds. The smallest absolute Gasteiger partial charge is 0.0617 e. The van der Waals surface area contributed by atoms with Crippen molar-refractivity contribution in [2.24, 2.45) is 0 Å². The SMILES string of the molecule is CCc1cccc(CC)c1[Si]1(c2c(CC)cccc2CC)C23c4c5c6c7c8c9c(c%10c%11c2c2c4c4c%12c5c5c6c6c8c8c%13c9c9c%10c%10c%11c%11c2c2c4c4c%12c%12c5c5c6c8c6c8c%13c9c9c%10c%10c%11c2c2c4c4c%12c5c6c5c8c9c%10c2c45)C731. The fourth-order valence-electron chi connectivity index (χ4n) is 28.9. The summed E-state index contributed by atoms with van der Waals surface area (Å²) in [6, 6.07) is 15.6. The molecule has 0 atom stereocenters. The summed E-state index contributed by atoms with van der Waals surface area (Å²) in [4.78, 5) is 0. The Morgan fingerprint density at radius 2 is 0.321 bits per heavy atom. The molecule has 1 aliphatic heterocycles. The minimum absolute atomic E-state index is 0.226. The molecule has 35 rings (SSSR count). The van der Waals surface area contributed by atoms with E-state index in [4.69, 9.17) is 0 Å². The highest BCUT2D eigenvalue weighted by Crippen LogP contribution is 2.92. The standard InChI is InChI=1S/C80H26Si/c1-5-15-11-9-12-16(6-2)77(15)81(78-17(7-3)13-10-14-18(78)8-4)79-73-65-57-47-37-29-21-19-20-23-27-25(21)33-41-35(27)45-39-31(23)32-24(20)28-26-22(19)30(29)38-44-34(26)42-36(28)46-40(32)50-49(39)59-53(45)63-55(41)61(51(57)43(33)37)69(73)71(63)75-67(59)68-60(50)54(46)64-56(42)62-52(44)58(48(38)47)66(65)74(79)70(62)72(64)76(68)80(75,79)81/h9-14H,5-8H2,1-4H3. The van der Waals surface area contributed by atoms with Gasteiger partial charge in [0.25, 0.3) is 0 Å². The summed E-state index contributed by atoms with van der Waals surface area (Å²) < 4.78 is 0. The van der Waals surface area contributed by atoms with Crippen LogP contribution in [0.4, 0.5) is 0 Å². The number of rotatable bonds is 6. The molecule has 0 radical (unpaired) electrons. The van der Waals surface area contributed by atoms with Crippen molar-refractivity contribution in [3.05, 3.63) is 80.9 Å². The second-order valence-electron chi connectivity index (χ2n) is 29.3. The first-order valence-corrected chi connectivity index (χ1v) is 33.2. The average molecular weight is 1020 g/mol. The van der Waals surface area contributed by atoms with Gasteiger partial charge in [0.15, 0.2) is 8.07 Å². The Balaban J connectivity index is 1.09. The molecule has 0 saturated carbocycles. The van der Waals surface area contributed by atoms with E-state index < -0.39 is 8.07 Å². The van der Waals surface area contributed by atoms with E-state index in [0.717, 1.165) is 25.7 Å². The summed E-state index contributed by atoms with van der Waals surface area (Å²) in [5, 5.41) is 95.0.